The predicted octanol–water partition coefficient (Wildman–Crippen LogP) is 2.21. The zero-order chi connectivity index (χ0) is 33.4. The van der Waals surface area contributed by atoms with E-state index in [0.717, 1.165) is 21.9 Å². The largest absolute Gasteiger partial charge is 0.357 e. The molecule has 5 N–H and O–H groups in total. The molecule has 0 fully saturated rings. The van der Waals surface area contributed by atoms with Crippen molar-refractivity contribution in [2.24, 2.45) is 5.73 Å². The normalized spacial score (nSPS) is 13.3. The van der Waals surface area contributed by atoms with Gasteiger partial charge in [-0.2, -0.15) is 0 Å². The molecule has 0 spiro atoms. The Morgan fingerprint density at radius 1 is 0.826 bits per heavy atom. The van der Waals surface area contributed by atoms with Crippen LogP contribution in [-0.4, -0.2) is 88.2 Å². The van der Waals surface area contributed by atoms with Crippen molar-refractivity contribution in [1.29, 1.82) is 0 Å². The molecule has 0 aliphatic rings. The Kier molecular flexibility index (Phi) is 10.9. The molecule has 3 aromatic carbocycles. The molecule has 0 aliphatic heterocycles. The molecule has 4 amide bonds. The minimum atomic E-state index is -1.25. The van der Waals surface area contributed by atoms with Gasteiger partial charge in [-0.15, -0.1) is 0 Å². The van der Waals surface area contributed by atoms with Gasteiger partial charge in [0.15, 0.2) is 0 Å². The van der Waals surface area contributed by atoms with Gasteiger partial charge in [0.05, 0.1) is 11.9 Å². The lowest BCUT2D eigenvalue weighted by molar-refractivity contribution is -0.148. The lowest BCUT2D eigenvalue weighted by atomic mass is 9.97. The van der Waals surface area contributed by atoms with Gasteiger partial charge in [0.2, 0.25) is 23.6 Å². The van der Waals surface area contributed by atoms with Gasteiger partial charge >= 0.3 is 0 Å². The molecule has 1 heterocycles. The maximum absolute atomic E-state index is 14.5. The van der Waals surface area contributed by atoms with Crippen LogP contribution in [0.1, 0.15) is 30.7 Å². The third-order valence-electron chi connectivity index (χ3n) is 8.15. The van der Waals surface area contributed by atoms with Gasteiger partial charge in [-0.3, -0.25) is 19.2 Å². The van der Waals surface area contributed by atoms with Gasteiger partial charge in [0, 0.05) is 52.3 Å². The second kappa shape index (κ2) is 14.8. The quantitative estimate of drug-likeness (QED) is 0.179. The Morgan fingerprint density at radius 2 is 1.46 bits per heavy atom. The summed E-state index contributed by atoms with van der Waals surface area (Å²) < 4.78 is 0. The van der Waals surface area contributed by atoms with Crippen LogP contribution in [0.5, 0.6) is 0 Å². The van der Waals surface area contributed by atoms with Crippen LogP contribution in [-0.2, 0) is 38.4 Å². The lowest BCUT2D eigenvalue weighted by Gasteiger charge is -2.36. The van der Waals surface area contributed by atoms with Gasteiger partial charge in [-0.05, 0) is 35.7 Å². The summed E-state index contributed by atoms with van der Waals surface area (Å²) >= 11 is 0. The topological polar surface area (TPSA) is 154 Å². The number of rotatable bonds is 13. The summed E-state index contributed by atoms with van der Waals surface area (Å²) in [7, 11) is 4.66. The van der Waals surface area contributed by atoms with E-state index in [4.69, 9.17) is 5.73 Å². The number of fused-ring (bicyclic) bond motifs is 1. The standard InChI is InChI=1S/C35H43N7O4/c1-35(2,36)34(46)40-28(20-27-21-38-22-39-27)32(44)42(5)30(19-24-15-16-25-13-9-10-14-26(25)17-24)33(45)41(4)29(31(43)37-3)18-23-11-7-6-8-12-23/h6-17,21-22,28-30H,18-20,36H2,1-5H3,(H,37,43)(H,38,39)(H,40,46)/t28-,29+,30-/m0/s1. The number of nitrogens with zero attached hydrogens (tertiary/aromatic N) is 3. The van der Waals surface area contributed by atoms with Crippen LogP contribution in [0.15, 0.2) is 85.3 Å². The number of aromatic amines is 1. The fourth-order valence-corrected chi connectivity index (χ4v) is 5.34. The third-order valence-corrected chi connectivity index (χ3v) is 8.15. The van der Waals surface area contributed by atoms with Gasteiger partial charge in [0.25, 0.3) is 0 Å². The first-order chi connectivity index (χ1) is 21.9. The lowest BCUT2D eigenvalue weighted by Crippen LogP contribution is -2.60. The number of benzene rings is 3. The van der Waals surface area contributed by atoms with Crippen molar-refractivity contribution in [3.63, 3.8) is 0 Å². The molecule has 0 radical (unpaired) electrons. The summed E-state index contributed by atoms with van der Waals surface area (Å²) in [6.45, 7) is 3.10. The number of carbonyl (C=O) groups is 4. The van der Waals surface area contributed by atoms with Crippen LogP contribution in [0, 0.1) is 0 Å². The molecule has 242 valence electrons. The van der Waals surface area contributed by atoms with E-state index in [9.17, 15) is 19.2 Å². The van der Waals surface area contributed by atoms with Crippen molar-refractivity contribution in [1.82, 2.24) is 30.4 Å². The summed E-state index contributed by atoms with van der Waals surface area (Å²) in [5.74, 6) is -1.75. The number of carbonyl (C=O) groups excluding carboxylic acids is 4. The second-order valence-electron chi connectivity index (χ2n) is 12.1. The van der Waals surface area contributed by atoms with E-state index in [1.807, 2.05) is 72.8 Å². The van der Waals surface area contributed by atoms with Crippen LogP contribution in [0.25, 0.3) is 10.8 Å². The van der Waals surface area contributed by atoms with Crippen LogP contribution >= 0.6 is 0 Å². The first kappa shape index (κ1) is 33.9. The molecule has 1 aromatic heterocycles. The number of nitrogens with one attached hydrogen (secondary N) is 3. The molecule has 0 aliphatic carbocycles. The van der Waals surface area contributed by atoms with Crippen molar-refractivity contribution in [3.8, 4) is 0 Å². The second-order valence-corrected chi connectivity index (χ2v) is 12.1. The van der Waals surface area contributed by atoms with Crippen molar-refractivity contribution < 1.29 is 19.2 Å². The minimum absolute atomic E-state index is 0.104. The Morgan fingerprint density at radius 3 is 2.09 bits per heavy atom. The van der Waals surface area contributed by atoms with Crippen LogP contribution in [0.4, 0.5) is 0 Å². The molecule has 0 saturated heterocycles. The molecule has 0 bridgehead atoms. The average Bonchev–Trinajstić information content (AvgIpc) is 3.57. The van der Waals surface area contributed by atoms with Crippen LogP contribution < -0.4 is 16.4 Å². The van der Waals surface area contributed by atoms with Crippen molar-refractivity contribution >= 4 is 34.4 Å². The maximum atomic E-state index is 14.5. The van der Waals surface area contributed by atoms with Gasteiger partial charge < -0.3 is 31.2 Å². The summed E-state index contributed by atoms with van der Waals surface area (Å²) in [6.07, 6.45) is 3.62. The summed E-state index contributed by atoms with van der Waals surface area (Å²) in [5.41, 5.74) is 7.15. The zero-order valence-corrected chi connectivity index (χ0v) is 27.0. The Hall–Kier alpha value is -5.03. The number of nitrogens with two attached hydrogens (primary N) is 1. The van der Waals surface area contributed by atoms with E-state index < -0.39 is 41.4 Å². The molecule has 4 rings (SSSR count). The number of aromatic nitrogens is 2. The highest BCUT2D eigenvalue weighted by atomic mass is 16.2. The predicted molar refractivity (Wildman–Crippen MR) is 177 cm³/mol. The van der Waals surface area contributed by atoms with E-state index in [1.54, 1.807) is 34.1 Å². The highest BCUT2D eigenvalue weighted by molar-refractivity contribution is 5.95. The molecular weight excluding hydrogens is 582 g/mol. The molecule has 11 heteroatoms. The molecular formula is C35H43N7O4. The van der Waals surface area contributed by atoms with Crippen LogP contribution in [0.3, 0.4) is 0 Å². The number of imidazole rings is 1. The van der Waals surface area contributed by atoms with E-state index in [1.165, 1.54) is 23.2 Å². The number of H-pyrrole nitrogens is 1. The Labute approximate surface area is 269 Å². The summed E-state index contributed by atoms with van der Waals surface area (Å²) in [4.78, 5) is 64.6. The van der Waals surface area contributed by atoms with Gasteiger partial charge in [-0.1, -0.05) is 72.8 Å². The van der Waals surface area contributed by atoms with E-state index in [0.29, 0.717) is 5.69 Å². The average molecular weight is 626 g/mol. The van der Waals surface area contributed by atoms with Gasteiger partial charge in [-0.25, -0.2) is 4.98 Å². The fourth-order valence-electron chi connectivity index (χ4n) is 5.34. The Bertz CT molecular complexity index is 1650. The van der Waals surface area contributed by atoms with Gasteiger partial charge in [0.1, 0.15) is 18.1 Å². The molecule has 11 nitrogen and oxygen atoms in total. The highest BCUT2D eigenvalue weighted by Crippen LogP contribution is 2.21. The summed E-state index contributed by atoms with van der Waals surface area (Å²) in [5, 5.41) is 7.50. The smallest absolute Gasteiger partial charge is 0.246 e. The number of hydrogen-bond acceptors (Lipinski definition) is 6. The molecule has 0 unspecified atom stereocenters. The Balaban J connectivity index is 1.71. The zero-order valence-electron chi connectivity index (χ0n) is 27.0. The minimum Gasteiger partial charge on any atom is -0.357 e. The van der Waals surface area contributed by atoms with E-state index >= 15 is 0 Å². The summed E-state index contributed by atoms with van der Waals surface area (Å²) in [6, 6.07) is 20.4. The number of amides is 4. The number of hydrogen-bond donors (Lipinski definition) is 4. The SMILES string of the molecule is CNC(=O)[C@@H](Cc1ccccc1)N(C)C(=O)[C@H](Cc1ccc2ccccc2c1)N(C)C(=O)[C@H](Cc1cnc[nH]1)NC(=O)C(C)(C)N. The first-order valence-corrected chi connectivity index (χ1v) is 15.2. The molecule has 3 atom stereocenters. The van der Waals surface area contributed by atoms with Crippen molar-refractivity contribution in [2.75, 3.05) is 21.1 Å². The van der Waals surface area contributed by atoms with E-state index in [2.05, 4.69) is 20.6 Å². The maximum Gasteiger partial charge on any atom is 0.246 e. The first-order valence-electron chi connectivity index (χ1n) is 15.2. The molecule has 0 saturated carbocycles. The number of likely N-dealkylation sites (N-methyl/N-ethyl adjacent to an activating group) is 3. The van der Waals surface area contributed by atoms with Crippen molar-refractivity contribution in [3.05, 3.63) is 102 Å². The van der Waals surface area contributed by atoms with Crippen molar-refractivity contribution in [2.45, 2.75) is 56.8 Å². The molecule has 4 aromatic rings. The van der Waals surface area contributed by atoms with Crippen LogP contribution in [0.2, 0.25) is 0 Å². The highest BCUT2D eigenvalue weighted by Gasteiger charge is 2.38. The van der Waals surface area contributed by atoms with E-state index in [-0.39, 0.29) is 25.2 Å². The monoisotopic (exact) mass is 625 g/mol. The molecule has 46 heavy (non-hydrogen) atoms. The fraction of sp³-hybridized carbons (Fsp3) is 0.343. The third kappa shape index (κ3) is 8.36.